The molecule has 0 aliphatic carbocycles. The molecule has 12 N–H and O–H groups in total. The number of rotatable bonds is 20. The summed E-state index contributed by atoms with van der Waals surface area (Å²) >= 11 is 4.90. The van der Waals surface area contributed by atoms with Crippen molar-refractivity contribution in [2.45, 2.75) is 67.1 Å². The average molecular weight is 1130 g/mol. The number of aryl methyl sites for hydroxylation is 1. The number of phosphoric acid groups is 2. The molecule has 0 bridgehead atoms. The number of anilines is 2. The third-order valence-corrected chi connectivity index (χ3v) is 18.7. The minimum atomic E-state index is -5.99. The first-order valence-corrected chi connectivity index (χ1v) is 28.1. The Morgan fingerprint density at radius 3 is 2.25 bits per heavy atom. The fourth-order valence-corrected chi connectivity index (χ4v) is 14.6. The van der Waals surface area contributed by atoms with Crippen molar-refractivity contribution < 1.29 is 99.0 Å². The number of aromatic nitrogens is 10. The number of hydrogen-bond donors (Lipinski definition) is 10. The number of aromatic amines is 2. The van der Waals surface area contributed by atoms with Crippen molar-refractivity contribution >= 4 is 75.9 Å². The molecule has 0 amide bonds. The molecule has 5 aromatic heterocycles. The third-order valence-electron chi connectivity index (χ3n) is 11.7. The van der Waals surface area contributed by atoms with Crippen LogP contribution in [0.25, 0.3) is 22.3 Å². The second kappa shape index (κ2) is 21.1. The van der Waals surface area contributed by atoms with E-state index in [1.54, 1.807) is 0 Å². The first-order chi connectivity index (χ1) is 34.2. The summed E-state index contributed by atoms with van der Waals surface area (Å²) in [5.74, 6) is -1.35. The predicted octanol–water partition coefficient (Wildman–Crippen LogP) is -4.42. The van der Waals surface area contributed by atoms with Crippen molar-refractivity contribution in [2.24, 2.45) is 13.0 Å². The van der Waals surface area contributed by atoms with E-state index in [1.165, 1.54) is 34.2 Å². The van der Waals surface area contributed by atoms with E-state index in [-0.39, 0.29) is 40.7 Å². The molecule has 5 aromatic rings. The maximum atomic E-state index is 14.2. The molecular weight excluding hydrogens is 1090 g/mol. The molecule has 3 aliphatic heterocycles. The summed E-state index contributed by atoms with van der Waals surface area (Å²) in [4.78, 5) is 103. The molecule has 8 rings (SSSR count). The topological polar surface area (TPSA) is 493 Å². The van der Waals surface area contributed by atoms with Gasteiger partial charge in [0.1, 0.15) is 50.0 Å². The van der Waals surface area contributed by atoms with Crippen molar-refractivity contribution in [3.8, 4) is 0 Å². The second-order valence-corrected chi connectivity index (χ2v) is 24.3. The first-order valence-electron chi connectivity index (χ1n) is 20.9. The zero-order chi connectivity index (χ0) is 53.1. The highest BCUT2D eigenvalue weighted by atomic mass is 32.5. The lowest BCUT2D eigenvalue weighted by Crippen LogP contribution is -2.45. The standard InChI is InChI=1S/C33H46N12O23P4S/c1-42-12-45(27-19(42)28(50)41-32(35)40-27)29-20(47)13(6-59-2)14(64-29)7-62-70(54,55)67-71(56,57)68-72(58,73)63-9-16-24(23(60-3)31(66-16)44-11-38-18-25(34)36-10-37-26(18)44)69(52,53)61-8-15-21(48)22(49)30(65-15)43-5-4-17(46)39-33(43)51/h4-5,10-16,20-24,29-31,47-49H,6-9H2,1-3H3,(H9-,34,35,36,37,39,40,41,46,50,51,52,53,54,55,56,57,58,73)/t13-,14-,15-,16-,20-,21-,22-,23-,24-,29-,30-,31-,72?/m1/s1. The summed E-state index contributed by atoms with van der Waals surface area (Å²) in [6, 6.07) is 0.932. The third kappa shape index (κ3) is 11.4. The van der Waals surface area contributed by atoms with Crippen LogP contribution in [0.5, 0.6) is 0 Å². The highest BCUT2D eigenvalue weighted by molar-refractivity contribution is 8.08. The summed E-state index contributed by atoms with van der Waals surface area (Å²) in [6.45, 7) is -8.45. The van der Waals surface area contributed by atoms with Gasteiger partial charge in [-0.3, -0.25) is 37.8 Å². The molecule has 8 heterocycles. The molecule has 3 fully saturated rings. The van der Waals surface area contributed by atoms with Gasteiger partial charge in [-0.15, -0.1) is 0 Å². The molecule has 0 saturated carbocycles. The van der Waals surface area contributed by atoms with Crippen molar-refractivity contribution in [2.75, 3.05) is 52.1 Å². The number of H-pyrrole nitrogens is 2. The van der Waals surface area contributed by atoms with E-state index in [0.717, 1.165) is 36.6 Å². The van der Waals surface area contributed by atoms with E-state index >= 15 is 0 Å². The number of nitrogens with one attached hydrogen (secondary N) is 2. The van der Waals surface area contributed by atoms with Crippen LogP contribution < -0.4 is 37.7 Å². The molecule has 3 saturated heterocycles. The number of hydrogen-bond acceptors (Lipinski definition) is 27. The van der Waals surface area contributed by atoms with Gasteiger partial charge in [-0.2, -0.15) is 4.31 Å². The van der Waals surface area contributed by atoms with Crippen molar-refractivity contribution in [1.82, 2.24) is 43.6 Å². The monoisotopic (exact) mass is 1130 g/mol. The summed E-state index contributed by atoms with van der Waals surface area (Å²) in [6.07, 6.45) is -11.4. The summed E-state index contributed by atoms with van der Waals surface area (Å²) < 4.78 is 98.0. The summed E-state index contributed by atoms with van der Waals surface area (Å²) in [7, 11) is -13.3. The van der Waals surface area contributed by atoms with Gasteiger partial charge in [-0.05, 0) is 11.8 Å². The number of nitrogens with two attached hydrogens (primary N) is 2. The molecule has 73 heavy (non-hydrogen) atoms. The van der Waals surface area contributed by atoms with Crippen molar-refractivity contribution in [3.63, 3.8) is 0 Å². The molecule has 40 heteroatoms. The molecule has 16 atom stereocenters. The van der Waals surface area contributed by atoms with Gasteiger partial charge < -0.3 is 83.7 Å². The maximum Gasteiger partial charge on any atom is 0.488 e. The SMILES string of the molecule is COC[C@H]1[C@@H](O)[C@H]([n+]2cn(C)c3c(=O)[nH]c(N)nc32)O[C@@H]1COP(=O)(O)OP(=O)(O)OP(O)(=S)OC[C@H]1O[C@@H](n2cnc3c(N)ncnc32)[C@H](OC)[C@@H]1P(=O)([O-])OC[C@H]1O[C@@H](n2ccc(=O)[nH]c2=O)[C@H](O)[C@@H]1O. The molecule has 402 valence electrons. The van der Waals surface area contributed by atoms with E-state index < -0.39 is 140 Å². The zero-order valence-electron chi connectivity index (χ0n) is 37.7. The summed E-state index contributed by atoms with van der Waals surface area (Å²) in [5.41, 5.74) is 7.38. The Hall–Kier alpha value is -4.16. The number of nitrogens with zero attached hydrogens (tertiary/aromatic N) is 8. The predicted molar refractivity (Wildman–Crippen MR) is 240 cm³/mol. The second-order valence-electron chi connectivity index (χ2n) is 16.3. The van der Waals surface area contributed by atoms with Gasteiger partial charge in [0, 0.05) is 32.4 Å². The lowest BCUT2D eigenvalue weighted by atomic mass is 9.99. The van der Waals surface area contributed by atoms with Gasteiger partial charge in [-0.25, -0.2) is 37.8 Å². The molecule has 0 aromatic carbocycles. The number of methoxy groups -OCH3 is 2. The zero-order valence-corrected chi connectivity index (χ0v) is 42.1. The van der Waals surface area contributed by atoms with Crippen LogP contribution in [-0.2, 0) is 78.4 Å². The largest absolute Gasteiger partial charge is 0.778 e. The maximum absolute atomic E-state index is 14.2. The van der Waals surface area contributed by atoms with Crippen molar-refractivity contribution in [1.29, 1.82) is 0 Å². The molecule has 4 unspecified atom stereocenters. The molecule has 0 radical (unpaired) electrons. The van der Waals surface area contributed by atoms with Crippen LogP contribution >= 0.6 is 30.0 Å². The van der Waals surface area contributed by atoms with Crippen LogP contribution in [0.15, 0.2) is 45.6 Å². The number of nitrogen functional groups attached to an aromatic ring is 2. The normalized spacial score (nSPS) is 30.9. The number of phosphoric ester groups is 1. The Kier molecular flexibility index (Phi) is 15.9. The number of imidazole rings is 2. The summed E-state index contributed by atoms with van der Waals surface area (Å²) in [5, 5.41) is 32.7. The molecule has 35 nitrogen and oxygen atoms in total. The fraction of sp³-hybridized carbons (Fsp3) is 0.576. The van der Waals surface area contributed by atoms with Crippen LogP contribution in [0.2, 0.25) is 0 Å². The highest BCUT2D eigenvalue weighted by Crippen LogP contribution is 2.68. The Labute approximate surface area is 412 Å². The Morgan fingerprint density at radius 2 is 1.55 bits per heavy atom. The average Bonchev–Trinajstić information content (AvgIpc) is 4.10. The van der Waals surface area contributed by atoms with E-state index in [9.17, 15) is 63.0 Å². The Morgan fingerprint density at radius 1 is 0.849 bits per heavy atom. The van der Waals surface area contributed by atoms with Gasteiger partial charge in [0.25, 0.3) is 17.1 Å². The van der Waals surface area contributed by atoms with Gasteiger partial charge in [0.15, 0.2) is 30.2 Å². The Bertz CT molecular complexity index is 3250. The highest BCUT2D eigenvalue weighted by Gasteiger charge is 2.54. The Balaban J connectivity index is 0.957. The van der Waals surface area contributed by atoms with Gasteiger partial charge >= 0.3 is 33.7 Å². The molecular formula is C33H46N12O23P4S. The first kappa shape index (κ1) is 55.1. The van der Waals surface area contributed by atoms with Crippen LogP contribution in [0.3, 0.4) is 0 Å². The smallest absolute Gasteiger partial charge is 0.488 e. The van der Waals surface area contributed by atoms with Crippen LogP contribution in [0, 0.1) is 5.92 Å². The van der Waals surface area contributed by atoms with E-state index in [2.05, 4.69) is 33.5 Å². The van der Waals surface area contributed by atoms with Gasteiger partial charge in [0.05, 0.1) is 57.7 Å². The van der Waals surface area contributed by atoms with E-state index in [1.807, 2.05) is 4.98 Å². The fourth-order valence-electron chi connectivity index (χ4n) is 8.46. The number of aliphatic hydroxyl groups is 3. The van der Waals surface area contributed by atoms with E-state index in [4.69, 9.17) is 60.5 Å². The minimum Gasteiger partial charge on any atom is -0.778 e. The van der Waals surface area contributed by atoms with Gasteiger partial charge in [-0.1, -0.05) is 4.98 Å². The van der Waals surface area contributed by atoms with Crippen LogP contribution in [0.4, 0.5) is 11.8 Å². The van der Waals surface area contributed by atoms with E-state index in [0.29, 0.717) is 0 Å². The van der Waals surface area contributed by atoms with Crippen LogP contribution in [0.1, 0.15) is 18.7 Å². The minimum absolute atomic E-state index is 0.00476. The lowest BCUT2D eigenvalue weighted by molar-refractivity contribution is -0.745. The quantitative estimate of drug-likeness (QED) is 0.0260. The number of fused-ring (bicyclic) bond motifs is 2. The van der Waals surface area contributed by atoms with Crippen LogP contribution in [-0.4, -0.2) is 163 Å². The number of ether oxygens (including phenoxy) is 5. The number of aliphatic hydroxyl groups excluding tert-OH is 3. The van der Waals surface area contributed by atoms with Gasteiger partial charge in [0.2, 0.25) is 11.7 Å². The lowest BCUT2D eigenvalue weighted by Gasteiger charge is -2.35. The molecule has 3 aliphatic rings. The van der Waals surface area contributed by atoms with Crippen molar-refractivity contribution in [3.05, 3.63) is 62.4 Å². The molecule has 0 spiro atoms.